The van der Waals surface area contributed by atoms with Crippen LogP contribution in [-0.4, -0.2) is 27.4 Å². The van der Waals surface area contributed by atoms with Crippen LogP contribution < -0.4 is 11.1 Å². The number of rotatable bonds is 4. The van der Waals surface area contributed by atoms with E-state index in [0.29, 0.717) is 5.13 Å². The summed E-state index contributed by atoms with van der Waals surface area (Å²) < 4.78 is 0. The molecule has 2 heterocycles. The highest BCUT2D eigenvalue weighted by Crippen LogP contribution is 2.28. The molecule has 0 fully saturated rings. The molecule has 1 aromatic carbocycles. The molecule has 3 aromatic rings. The summed E-state index contributed by atoms with van der Waals surface area (Å²) >= 11 is 1.37. The number of hydrogen-bond donors (Lipinski definition) is 2. The molecule has 0 aliphatic heterocycles. The fourth-order valence-electron chi connectivity index (χ4n) is 2.09. The SMILES string of the molecule is Cc1nccc(-c2cccc(-c3csc(NC(=O)CN)n3)c2)n1.Cl. The monoisotopic (exact) mass is 361 g/mol. The smallest absolute Gasteiger partial charge is 0.239 e. The van der Waals surface area contributed by atoms with Gasteiger partial charge in [-0.05, 0) is 19.1 Å². The molecule has 6 nitrogen and oxygen atoms in total. The second kappa shape index (κ2) is 7.96. The first-order valence-electron chi connectivity index (χ1n) is 7.01. The molecule has 2 aromatic heterocycles. The van der Waals surface area contributed by atoms with Crippen molar-refractivity contribution in [1.82, 2.24) is 15.0 Å². The molecular formula is C16H16ClN5OS. The molecule has 124 valence electrons. The Kier molecular flexibility index (Phi) is 5.97. The molecule has 0 radical (unpaired) electrons. The van der Waals surface area contributed by atoms with Crippen molar-refractivity contribution in [2.45, 2.75) is 6.92 Å². The Morgan fingerprint density at radius 2 is 1.96 bits per heavy atom. The zero-order valence-corrected chi connectivity index (χ0v) is 14.5. The van der Waals surface area contributed by atoms with Crippen molar-refractivity contribution >= 4 is 34.8 Å². The molecule has 3 N–H and O–H groups in total. The van der Waals surface area contributed by atoms with Crippen molar-refractivity contribution in [3.8, 4) is 22.5 Å². The molecular weight excluding hydrogens is 346 g/mol. The lowest BCUT2D eigenvalue weighted by Crippen LogP contribution is -2.21. The van der Waals surface area contributed by atoms with Crippen LogP contribution in [-0.2, 0) is 4.79 Å². The van der Waals surface area contributed by atoms with E-state index in [9.17, 15) is 4.79 Å². The number of hydrogen-bond acceptors (Lipinski definition) is 6. The Balaban J connectivity index is 0.00000208. The number of halogens is 1. The molecule has 0 aliphatic rings. The van der Waals surface area contributed by atoms with Crippen LogP contribution in [0.1, 0.15) is 5.82 Å². The number of amides is 1. The zero-order chi connectivity index (χ0) is 16.2. The normalized spacial score (nSPS) is 10.1. The molecule has 8 heteroatoms. The van der Waals surface area contributed by atoms with Crippen LogP contribution in [0.25, 0.3) is 22.5 Å². The fourth-order valence-corrected chi connectivity index (χ4v) is 2.82. The van der Waals surface area contributed by atoms with Gasteiger partial charge in [0.15, 0.2) is 5.13 Å². The van der Waals surface area contributed by atoms with E-state index < -0.39 is 0 Å². The Hall–Kier alpha value is -2.35. The minimum atomic E-state index is -0.254. The molecule has 0 spiro atoms. The van der Waals surface area contributed by atoms with Crippen LogP contribution in [0.5, 0.6) is 0 Å². The van der Waals surface area contributed by atoms with E-state index in [2.05, 4.69) is 20.3 Å². The van der Waals surface area contributed by atoms with Crippen LogP contribution in [0.2, 0.25) is 0 Å². The standard InChI is InChI=1S/C16H15N5OS.ClH/c1-10-18-6-5-13(19-10)11-3-2-4-12(7-11)14-9-23-16(20-14)21-15(22)8-17;/h2-7,9H,8,17H2,1H3,(H,20,21,22);1H. The van der Waals surface area contributed by atoms with Crippen molar-refractivity contribution in [3.05, 3.63) is 47.7 Å². The maximum Gasteiger partial charge on any atom is 0.239 e. The fraction of sp³-hybridized carbons (Fsp3) is 0.125. The van der Waals surface area contributed by atoms with Crippen LogP contribution in [0.4, 0.5) is 5.13 Å². The number of thiazole rings is 1. The van der Waals surface area contributed by atoms with Crippen molar-refractivity contribution in [2.24, 2.45) is 5.73 Å². The van der Waals surface area contributed by atoms with Crippen LogP contribution in [0.15, 0.2) is 41.9 Å². The third-order valence-electron chi connectivity index (χ3n) is 3.17. The summed E-state index contributed by atoms with van der Waals surface area (Å²) in [6.45, 7) is 1.80. The van der Waals surface area contributed by atoms with Gasteiger partial charge < -0.3 is 11.1 Å². The zero-order valence-electron chi connectivity index (χ0n) is 12.9. The number of aryl methyl sites for hydroxylation is 1. The van der Waals surface area contributed by atoms with E-state index in [1.807, 2.05) is 42.6 Å². The molecule has 3 rings (SSSR count). The van der Waals surface area contributed by atoms with Gasteiger partial charge in [0.2, 0.25) is 5.91 Å². The third-order valence-corrected chi connectivity index (χ3v) is 3.92. The predicted octanol–water partition coefficient (Wildman–Crippen LogP) is 2.89. The van der Waals surface area contributed by atoms with Gasteiger partial charge in [0, 0.05) is 22.7 Å². The van der Waals surface area contributed by atoms with Gasteiger partial charge in [-0.25, -0.2) is 15.0 Å². The first-order valence-corrected chi connectivity index (χ1v) is 7.89. The number of nitrogens with one attached hydrogen (secondary N) is 1. The minimum absolute atomic E-state index is 0. The predicted molar refractivity (Wildman–Crippen MR) is 98.2 cm³/mol. The van der Waals surface area contributed by atoms with Gasteiger partial charge >= 0.3 is 0 Å². The maximum absolute atomic E-state index is 11.3. The van der Waals surface area contributed by atoms with Crippen molar-refractivity contribution in [2.75, 3.05) is 11.9 Å². The van der Waals surface area contributed by atoms with Gasteiger partial charge in [-0.3, -0.25) is 4.79 Å². The topological polar surface area (TPSA) is 93.8 Å². The first kappa shape index (κ1) is 18.0. The second-order valence-corrected chi connectivity index (χ2v) is 5.72. The van der Waals surface area contributed by atoms with E-state index in [1.165, 1.54) is 11.3 Å². The summed E-state index contributed by atoms with van der Waals surface area (Å²) in [6, 6.07) is 9.82. The Morgan fingerprint density at radius 3 is 2.67 bits per heavy atom. The van der Waals surface area contributed by atoms with Crippen molar-refractivity contribution in [3.63, 3.8) is 0 Å². The minimum Gasteiger partial charge on any atom is -0.322 e. The molecule has 1 amide bonds. The molecule has 0 bridgehead atoms. The van der Waals surface area contributed by atoms with Gasteiger partial charge in [-0.2, -0.15) is 0 Å². The number of nitrogens with two attached hydrogens (primary N) is 1. The number of aromatic nitrogens is 3. The summed E-state index contributed by atoms with van der Waals surface area (Å²) in [5.41, 5.74) is 8.91. The first-order chi connectivity index (χ1) is 11.2. The molecule has 0 unspecified atom stereocenters. The molecule has 0 atom stereocenters. The maximum atomic E-state index is 11.3. The van der Waals surface area contributed by atoms with E-state index in [1.54, 1.807) is 6.20 Å². The number of anilines is 1. The lowest BCUT2D eigenvalue weighted by molar-refractivity contribution is -0.114. The van der Waals surface area contributed by atoms with Crippen LogP contribution >= 0.6 is 23.7 Å². The van der Waals surface area contributed by atoms with Crippen molar-refractivity contribution < 1.29 is 4.79 Å². The Morgan fingerprint density at radius 1 is 1.21 bits per heavy atom. The quantitative estimate of drug-likeness (QED) is 0.745. The number of carbonyl (C=O) groups excluding carboxylic acids is 1. The van der Waals surface area contributed by atoms with Crippen LogP contribution in [0.3, 0.4) is 0 Å². The summed E-state index contributed by atoms with van der Waals surface area (Å²) in [4.78, 5) is 24.3. The Bertz CT molecular complexity index is 852. The highest BCUT2D eigenvalue weighted by molar-refractivity contribution is 7.14. The average molecular weight is 362 g/mol. The lowest BCUT2D eigenvalue weighted by atomic mass is 10.1. The molecule has 24 heavy (non-hydrogen) atoms. The molecule has 0 saturated carbocycles. The number of carbonyl (C=O) groups is 1. The van der Waals surface area contributed by atoms with E-state index >= 15 is 0 Å². The highest BCUT2D eigenvalue weighted by atomic mass is 35.5. The van der Waals surface area contributed by atoms with Crippen molar-refractivity contribution in [1.29, 1.82) is 0 Å². The van der Waals surface area contributed by atoms with Gasteiger partial charge in [0.25, 0.3) is 0 Å². The molecule has 0 aliphatic carbocycles. The summed E-state index contributed by atoms with van der Waals surface area (Å²) in [5.74, 6) is 0.476. The summed E-state index contributed by atoms with van der Waals surface area (Å²) in [7, 11) is 0. The third kappa shape index (κ3) is 4.14. The molecule has 0 saturated heterocycles. The summed E-state index contributed by atoms with van der Waals surface area (Å²) in [5, 5.41) is 5.10. The van der Waals surface area contributed by atoms with Gasteiger partial charge in [-0.1, -0.05) is 18.2 Å². The average Bonchev–Trinajstić information content (AvgIpc) is 3.03. The van der Waals surface area contributed by atoms with Crippen LogP contribution in [0, 0.1) is 6.92 Å². The van der Waals surface area contributed by atoms with Gasteiger partial charge in [0.05, 0.1) is 17.9 Å². The lowest BCUT2D eigenvalue weighted by Gasteiger charge is -2.04. The largest absolute Gasteiger partial charge is 0.322 e. The summed E-state index contributed by atoms with van der Waals surface area (Å²) in [6.07, 6.45) is 1.74. The number of nitrogens with zero attached hydrogens (tertiary/aromatic N) is 3. The van der Waals surface area contributed by atoms with E-state index in [4.69, 9.17) is 5.73 Å². The van der Waals surface area contributed by atoms with E-state index in [0.717, 1.165) is 28.3 Å². The Labute approximate surface area is 149 Å². The number of benzene rings is 1. The van der Waals surface area contributed by atoms with E-state index in [-0.39, 0.29) is 24.9 Å². The van der Waals surface area contributed by atoms with Gasteiger partial charge in [-0.15, -0.1) is 23.7 Å². The van der Waals surface area contributed by atoms with Gasteiger partial charge in [0.1, 0.15) is 5.82 Å². The highest BCUT2D eigenvalue weighted by Gasteiger charge is 2.08. The second-order valence-electron chi connectivity index (χ2n) is 4.86.